The van der Waals surface area contributed by atoms with E-state index >= 15 is 0 Å². The minimum absolute atomic E-state index is 0.246. The van der Waals surface area contributed by atoms with Crippen LogP contribution in [0.25, 0.3) is 0 Å². The number of nitrogens with one attached hydrogen (secondary N) is 1. The number of carboxylic acid groups (broad SMARTS) is 1. The average molecular weight is 279 g/mol. The van der Waals surface area contributed by atoms with Crippen molar-refractivity contribution in [3.05, 3.63) is 0 Å². The highest BCUT2D eigenvalue weighted by Crippen LogP contribution is 2.32. The lowest BCUT2D eigenvalue weighted by molar-refractivity contribution is -0.136. The van der Waals surface area contributed by atoms with E-state index in [1.807, 2.05) is 6.92 Å². The van der Waals surface area contributed by atoms with E-state index in [0.29, 0.717) is 18.8 Å². The molecule has 1 saturated carbocycles. The maximum absolute atomic E-state index is 11.8. The van der Waals surface area contributed by atoms with Crippen LogP contribution < -0.4 is 4.72 Å². The predicted octanol–water partition coefficient (Wildman–Crippen LogP) is 0.322. The van der Waals surface area contributed by atoms with Crippen LogP contribution in [-0.4, -0.2) is 42.5 Å². The second kappa shape index (κ2) is 5.99. The number of hydrogen-bond acceptors (Lipinski definition) is 4. The maximum atomic E-state index is 11.8. The van der Waals surface area contributed by atoms with Crippen LogP contribution in [0.1, 0.15) is 39.0 Å². The molecule has 1 rings (SSSR count). The molecule has 6 nitrogen and oxygen atoms in total. The molecule has 1 aliphatic rings. The molecule has 1 aliphatic carbocycles. The van der Waals surface area contributed by atoms with E-state index in [-0.39, 0.29) is 6.61 Å². The molecule has 0 aromatic heterocycles. The molecular weight excluding hydrogens is 258 g/mol. The van der Waals surface area contributed by atoms with Crippen molar-refractivity contribution < 1.29 is 23.4 Å². The second-order valence-electron chi connectivity index (χ2n) is 5.20. The van der Waals surface area contributed by atoms with Gasteiger partial charge in [0.15, 0.2) is 0 Å². The van der Waals surface area contributed by atoms with E-state index in [0.717, 1.165) is 12.8 Å². The van der Waals surface area contributed by atoms with Gasteiger partial charge in [0.05, 0.1) is 24.3 Å². The van der Waals surface area contributed by atoms with Crippen molar-refractivity contribution in [2.24, 2.45) is 5.92 Å². The van der Waals surface area contributed by atoms with Gasteiger partial charge in [0.1, 0.15) is 0 Å². The van der Waals surface area contributed by atoms with Crippen molar-refractivity contribution in [3.8, 4) is 0 Å². The zero-order chi connectivity index (χ0) is 13.8. The highest BCUT2D eigenvalue weighted by atomic mass is 32.2. The Bertz CT molecular complexity index is 394. The van der Waals surface area contributed by atoms with Gasteiger partial charge in [0.25, 0.3) is 0 Å². The summed E-state index contributed by atoms with van der Waals surface area (Å²) in [5, 5.41) is 18.0. The smallest absolute Gasteiger partial charge is 0.304 e. The molecule has 0 bridgehead atoms. The van der Waals surface area contributed by atoms with Crippen LogP contribution in [0.4, 0.5) is 0 Å². The summed E-state index contributed by atoms with van der Waals surface area (Å²) in [5.74, 6) is -1.23. The fraction of sp³-hybridized carbons (Fsp3) is 0.909. The van der Waals surface area contributed by atoms with Crippen molar-refractivity contribution >= 4 is 16.0 Å². The van der Waals surface area contributed by atoms with Gasteiger partial charge < -0.3 is 10.2 Å². The first-order valence-electron chi connectivity index (χ1n) is 6.13. The Morgan fingerprint density at radius 2 is 2.17 bits per heavy atom. The molecule has 0 saturated heterocycles. The van der Waals surface area contributed by atoms with Crippen LogP contribution in [0.2, 0.25) is 0 Å². The van der Waals surface area contributed by atoms with Gasteiger partial charge in [-0.25, -0.2) is 13.1 Å². The Morgan fingerprint density at radius 3 is 2.67 bits per heavy atom. The standard InChI is InChI=1S/C11H21NO5S/c1-9-3-2-5-11(7-9,8-13)12-18(16,17)6-4-10(14)15/h9,12-13H,2-8H2,1H3,(H,14,15). The highest BCUT2D eigenvalue weighted by molar-refractivity contribution is 7.89. The van der Waals surface area contributed by atoms with Crippen molar-refractivity contribution in [3.63, 3.8) is 0 Å². The molecule has 18 heavy (non-hydrogen) atoms. The van der Waals surface area contributed by atoms with Gasteiger partial charge in [-0.2, -0.15) is 0 Å². The van der Waals surface area contributed by atoms with Crippen molar-refractivity contribution in [2.45, 2.75) is 44.6 Å². The quantitative estimate of drug-likeness (QED) is 0.649. The number of carbonyl (C=O) groups is 1. The molecule has 2 unspecified atom stereocenters. The van der Waals surface area contributed by atoms with Crippen LogP contribution in [0.15, 0.2) is 0 Å². The summed E-state index contributed by atoms with van der Waals surface area (Å²) < 4.78 is 26.1. The molecule has 0 aliphatic heterocycles. The zero-order valence-electron chi connectivity index (χ0n) is 10.6. The fourth-order valence-corrected chi connectivity index (χ4v) is 3.99. The summed E-state index contributed by atoms with van der Waals surface area (Å²) in [6, 6.07) is 0. The number of aliphatic hydroxyl groups is 1. The second-order valence-corrected chi connectivity index (χ2v) is 7.05. The topological polar surface area (TPSA) is 104 Å². The number of aliphatic carboxylic acids is 1. The molecule has 0 spiro atoms. The molecule has 0 heterocycles. The third-order valence-corrected chi connectivity index (χ3v) is 4.84. The normalized spacial score (nSPS) is 29.1. The van der Waals surface area contributed by atoms with Gasteiger partial charge in [-0.1, -0.05) is 19.8 Å². The van der Waals surface area contributed by atoms with E-state index in [1.54, 1.807) is 0 Å². The first-order valence-corrected chi connectivity index (χ1v) is 7.78. The minimum Gasteiger partial charge on any atom is -0.481 e. The third kappa shape index (κ3) is 4.55. The van der Waals surface area contributed by atoms with Gasteiger partial charge in [-0.05, 0) is 18.8 Å². The van der Waals surface area contributed by atoms with Gasteiger partial charge in [-0.15, -0.1) is 0 Å². The van der Waals surface area contributed by atoms with Gasteiger partial charge in [0, 0.05) is 0 Å². The fourth-order valence-electron chi connectivity index (χ4n) is 2.53. The summed E-state index contributed by atoms with van der Waals surface area (Å²) in [6.07, 6.45) is 2.66. The van der Waals surface area contributed by atoms with Gasteiger partial charge in [0.2, 0.25) is 10.0 Å². The maximum Gasteiger partial charge on any atom is 0.304 e. The summed E-state index contributed by atoms with van der Waals surface area (Å²) >= 11 is 0. The Hall–Kier alpha value is -0.660. The lowest BCUT2D eigenvalue weighted by Gasteiger charge is -2.38. The molecule has 0 amide bonds. The SMILES string of the molecule is CC1CCCC(CO)(NS(=O)(=O)CCC(=O)O)C1. The first kappa shape index (κ1) is 15.4. The van der Waals surface area contributed by atoms with Crippen LogP contribution in [0.3, 0.4) is 0 Å². The van der Waals surface area contributed by atoms with E-state index in [4.69, 9.17) is 5.11 Å². The van der Waals surface area contributed by atoms with Crippen LogP contribution >= 0.6 is 0 Å². The number of sulfonamides is 1. The number of hydrogen-bond donors (Lipinski definition) is 3. The van der Waals surface area contributed by atoms with Crippen molar-refractivity contribution in [1.82, 2.24) is 4.72 Å². The molecule has 7 heteroatoms. The summed E-state index contributed by atoms with van der Waals surface area (Å²) in [7, 11) is -3.66. The summed E-state index contributed by atoms with van der Waals surface area (Å²) in [6.45, 7) is 1.78. The monoisotopic (exact) mass is 279 g/mol. The molecule has 106 valence electrons. The Kier molecular flexibility index (Phi) is 5.12. The summed E-state index contributed by atoms with van der Waals surface area (Å²) in [5.41, 5.74) is -0.811. The van der Waals surface area contributed by atoms with Gasteiger partial charge in [-0.3, -0.25) is 4.79 Å². The van der Waals surface area contributed by atoms with E-state index in [2.05, 4.69) is 4.72 Å². The molecule has 2 atom stereocenters. The molecule has 0 aromatic carbocycles. The lowest BCUT2D eigenvalue weighted by Crippen LogP contribution is -2.54. The minimum atomic E-state index is -3.66. The lowest BCUT2D eigenvalue weighted by atomic mass is 9.78. The largest absolute Gasteiger partial charge is 0.481 e. The highest BCUT2D eigenvalue weighted by Gasteiger charge is 2.37. The summed E-state index contributed by atoms with van der Waals surface area (Å²) in [4.78, 5) is 10.4. The molecule has 0 radical (unpaired) electrons. The van der Waals surface area contributed by atoms with E-state index in [9.17, 15) is 18.3 Å². The number of aliphatic hydroxyl groups excluding tert-OH is 1. The van der Waals surface area contributed by atoms with E-state index < -0.39 is 33.7 Å². The van der Waals surface area contributed by atoms with Crippen LogP contribution in [0.5, 0.6) is 0 Å². The predicted molar refractivity (Wildman–Crippen MR) is 66.6 cm³/mol. The zero-order valence-corrected chi connectivity index (χ0v) is 11.4. The van der Waals surface area contributed by atoms with Crippen LogP contribution in [-0.2, 0) is 14.8 Å². The Balaban J connectivity index is 2.69. The van der Waals surface area contributed by atoms with Crippen LogP contribution in [0, 0.1) is 5.92 Å². The average Bonchev–Trinajstić information content (AvgIpc) is 2.26. The van der Waals surface area contributed by atoms with Crippen molar-refractivity contribution in [1.29, 1.82) is 0 Å². The molecular formula is C11H21NO5S. The Labute approximate surface area is 107 Å². The third-order valence-electron chi connectivity index (χ3n) is 3.35. The van der Waals surface area contributed by atoms with Gasteiger partial charge >= 0.3 is 5.97 Å². The first-order chi connectivity index (χ1) is 8.29. The molecule has 3 N–H and O–H groups in total. The molecule has 0 aromatic rings. The number of carboxylic acids is 1. The van der Waals surface area contributed by atoms with Crippen molar-refractivity contribution in [2.75, 3.05) is 12.4 Å². The van der Waals surface area contributed by atoms with E-state index in [1.165, 1.54) is 0 Å². The Morgan fingerprint density at radius 1 is 1.50 bits per heavy atom. The number of rotatable bonds is 6. The molecule has 1 fully saturated rings.